The zero-order valence-corrected chi connectivity index (χ0v) is 24.6. The largest absolute Gasteiger partial charge is 0.354 e. The number of hydrogen-bond acceptors (Lipinski definition) is 4. The van der Waals surface area contributed by atoms with Gasteiger partial charge in [0.2, 0.25) is 21.8 Å². The van der Waals surface area contributed by atoms with E-state index < -0.39 is 28.5 Å². The monoisotopic (exact) mass is 571 g/mol. The van der Waals surface area contributed by atoms with Crippen LogP contribution in [0.2, 0.25) is 0 Å². The number of benzene rings is 4. The first-order valence-corrected chi connectivity index (χ1v) is 15.2. The Balaban J connectivity index is 1.66. The van der Waals surface area contributed by atoms with Crippen molar-refractivity contribution < 1.29 is 18.0 Å². The molecule has 4 aromatic carbocycles. The van der Waals surface area contributed by atoms with Gasteiger partial charge in [-0.25, -0.2) is 8.42 Å². The highest BCUT2D eigenvalue weighted by atomic mass is 32.2. The van der Waals surface area contributed by atoms with Crippen LogP contribution in [0.25, 0.3) is 10.8 Å². The number of hydrogen-bond donors (Lipinski definition) is 1. The molecule has 214 valence electrons. The Hall–Kier alpha value is -4.01. The number of amides is 2. The Kier molecular flexibility index (Phi) is 9.91. The van der Waals surface area contributed by atoms with E-state index in [1.165, 1.54) is 11.9 Å². The van der Waals surface area contributed by atoms with Crippen molar-refractivity contribution >= 4 is 32.6 Å². The Morgan fingerprint density at radius 1 is 0.829 bits per heavy atom. The molecule has 0 saturated heterocycles. The third-order valence-corrected chi connectivity index (χ3v) is 8.84. The van der Waals surface area contributed by atoms with Crippen molar-refractivity contribution in [2.75, 3.05) is 20.1 Å². The minimum absolute atomic E-state index is 0.109. The lowest BCUT2D eigenvalue weighted by Gasteiger charge is -2.32. The van der Waals surface area contributed by atoms with E-state index in [-0.39, 0.29) is 17.3 Å². The van der Waals surface area contributed by atoms with Crippen LogP contribution in [0.5, 0.6) is 0 Å². The second-order valence-electron chi connectivity index (χ2n) is 10.3. The van der Waals surface area contributed by atoms with Gasteiger partial charge in [0, 0.05) is 26.6 Å². The molecule has 0 heterocycles. The van der Waals surface area contributed by atoms with Gasteiger partial charge in [-0.2, -0.15) is 4.31 Å². The van der Waals surface area contributed by atoms with Crippen LogP contribution in [0.15, 0.2) is 102 Å². The predicted molar refractivity (Wildman–Crippen MR) is 163 cm³/mol. The summed E-state index contributed by atoms with van der Waals surface area (Å²) < 4.78 is 28.2. The maximum Gasteiger partial charge on any atom is 0.243 e. The number of nitrogens with one attached hydrogen (secondary N) is 1. The molecule has 0 saturated carbocycles. The van der Waals surface area contributed by atoms with Gasteiger partial charge < -0.3 is 10.2 Å². The van der Waals surface area contributed by atoms with Gasteiger partial charge in [-0.3, -0.25) is 9.59 Å². The second kappa shape index (κ2) is 13.6. The van der Waals surface area contributed by atoms with Gasteiger partial charge in [0.25, 0.3) is 0 Å². The first-order valence-electron chi connectivity index (χ1n) is 13.8. The van der Waals surface area contributed by atoms with Crippen LogP contribution in [0.1, 0.15) is 30.0 Å². The molecule has 0 aliphatic heterocycles. The molecule has 0 aliphatic rings. The predicted octanol–water partition coefficient (Wildman–Crippen LogP) is 4.94. The molecule has 8 heteroatoms. The van der Waals surface area contributed by atoms with Crippen molar-refractivity contribution in [3.8, 4) is 0 Å². The smallest absolute Gasteiger partial charge is 0.243 e. The highest BCUT2D eigenvalue weighted by Gasteiger charge is 2.33. The van der Waals surface area contributed by atoms with Gasteiger partial charge in [0.15, 0.2) is 0 Å². The second-order valence-corrected chi connectivity index (χ2v) is 12.3. The van der Waals surface area contributed by atoms with Crippen molar-refractivity contribution in [1.82, 2.24) is 14.5 Å². The lowest BCUT2D eigenvalue weighted by molar-refractivity contribution is -0.141. The number of carbonyl (C=O) groups is 2. The van der Waals surface area contributed by atoms with Crippen LogP contribution in [0.4, 0.5) is 0 Å². The molecular formula is C33H37N3O4S. The number of carbonyl (C=O) groups excluding carboxylic acids is 2. The molecule has 0 bridgehead atoms. The molecule has 1 atom stereocenters. The summed E-state index contributed by atoms with van der Waals surface area (Å²) in [5.74, 6) is -0.720. The van der Waals surface area contributed by atoms with Crippen LogP contribution in [-0.2, 0) is 32.6 Å². The number of aryl methyl sites for hydroxylation is 1. The Bertz CT molecular complexity index is 1610. The number of nitrogens with zero attached hydrogens (tertiary/aromatic N) is 2. The van der Waals surface area contributed by atoms with Crippen molar-refractivity contribution in [3.63, 3.8) is 0 Å². The lowest BCUT2D eigenvalue weighted by Crippen LogP contribution is -2.53. The summed E-state index contributed by atoms with van der Waals surface area (Å²) in [5, 5.41) is 4.67. The molecule has 4 aromatic rings. The fraction of sp³-hybridized carbons (Fsp3) is 0.273. The van der Waals surface area contributed by atoms with E-state index in [0.717, 1.165) is 38.2 Å². The molecule has 0 radical (unpaired) electrons. The number of sulfonamides is 1. The molecule has 0 spiro atoms. The fourth-order valence-corrected chi connectivity index (χ4v) is 5.96. The van der Waals surface area contributed by atoms with Crippen molar-refractivity contribution in [1.29, 1.82) is 0 Å². The Morgan fingerprint density at radius 2 is 1.51 bits per heavy atom. The summed E-state index contributed by atoms with van der Waals surface area (Å²) in [6.45, 7) is 4.17. The van der Waals surface area contributed by atoms with Gasteiger partial charge in [0.05, 0.1) is 11.4 Å². The summed E-state index contributed by atoms with van der Waals surface area (Å²) in [7, 11) is -2.57. The quantitative estimate of drug-likeness (QED) is 0.261. The third-order valence-electron chi connectivity index (χ3n) is 7.04. The summed E-state index contributed by atoms with van der Waals surface area (Å²) in [5.41, 5.74) is 2.80. The summed E-state index contributed by atoms with van der Waals surface area (Å²) in [6, 6.07) is 28.9. The van der Waals surface area contributed by atoms with E-state index in [2.05, 4.69) is 5.32 Å². The minimum atomic E-state index is -3.97. The molecular weight excluding hydrogens is 534 g/mol. The standard InChI is InChI=1S/C33H37N3O4S/c1-4-19-34-33(38)31(21-26-12-6-5-7-13-26)36(23-27-14-10-11-25(2)20-27)32(37)24-35(3)41(39,40)30-18-17-28-15-8-9-16-29(28)22-30/h5-18,20,22,31H,4,19,21,23-24H2,1-3H3,(H,34,38)/t31-/m1/s1. The van der Waals surface area contributed by atoms with Gasteiger partial charge in [-0.15, -0.1) is 0 Å². The SMILES string of the molecule is CCCNC(=O)[C@@H](Cc1ccccc1)N(Cc1cccc(C)c1)C(=O)CN(C)S(=O)(=O)c1ccc2ccccc2c1. The average molecular weight is 572 g/mol. The maximum absolute atomic E-state index is 14.0. The normalized spacial score (nSPS) is 12.3. The zero-order valence-electron chi connectivity index (χ0n) is 23.8. The lowest BCUT2D eigenvalue weighted by atomic mass is 10.0. The van der Waals surface area contributed by atoms with Gasteiger partial charge in [-0.05, 0) is 47.4 Å². The zero-order chi connectivity index (χ0) is 29.4. The highest BCUT2D eigenvalue weighted by molar-refractivity contribution is 7.89. The van der Waals surface area contributed by atoms with Crippen molar-refractivity contribution in [3.05, 3.63) is 114 Å². The van der Waals surface area contributed by atoms with Crippen LogP contribution < -0.4 is 5.32 Å². The van der Waals surface area contributed by atoms with Crippen LogP contribution in [0, 0.1) is 6.92 Å². The molecule has 2 amide bonds. The number of likely N-dealkylation sites (N-methyl/N-ethyl adjacent to an activating group) is 1. The van der Waals surface area contributed by atoms with E-state index in [9.17, 15) is 18.0 Å². The molecule has 0 fully saturated rings. The van der Waals surface area contributed by atoms with E-state index in [1.807, 2.05) is 92.7 Å². The Labute approximate surface area is 242 Å². The van der Waals surface area contributed by atoms with E-state index >= 15 is 0 Å². The summed E-state index contributed by atoms with van der Waals surface area (Å²) >= 11 is 0. The molecule has 41 heavy (non-hydrogen) atoms. The molecule has 0 aliphatic carbocycles. The molecule has 1 N–H and O–H groups in total. The van der Waals surface area contributed by atoms with Crippen LogP contribution in [-0.4, -0.2) is 55.6 Å². The van der Waals surface area contributed by atoms with Crippen LogP contribution >= 0.6 is 0 Å². The van der Waals surface area contributed by atoms with E-state index in [0.29, 0.717) is 13.0 Å². The fourth-order valence-electron chi connectivity index (χ4n) is 4.80. The third kappa shape index (κ3) is 7.60. The van der Waals surface area contributed by atoms with Gasteiger partial charge in [-0.1, -0.05) is 97.4 Å². The van der Waals surface area contributed by atoms with Gasteiger partial charge in [0.1, 0.15) is 6.04 Å². The van der Waals surface area contributed by atoms with E-state index in [4.69, 9.17) is 0 Å². The molecule has 7 nitrogen and oxygen atoms in total. The number of rotatable bonds is 12. The summed E-state index contributed by atoms with van der Waals surface area (Å²) in [4.78, 5) is 29.1. The van der Waals surface area contributed by atoms with Crippen molar-refractivity contribution in [2.24, 2.45) is 0 Å². The maximum atomic E-state index is 14.0. The summed E-state index contributed by atoms with van der Waals surface area (Å²) in [6.07, 6.45) is 1.05. The van der Waals surface area contributed by atoms with Gasteiger partial charge >= 0.3 is 0 Å². The number of fused-ring (bicyclic) bond motifs is 1. The topological polar surface area (TPSA) is 86.8 Å². The first kappa shape index (κ1) is 30.0. The molecule has 0 aromatic heterocycles. The average Bonchev–Trinajstić information content (AvgIpc) is 2.97. The minimum Gasteiger partial charge on any atom is -0.354 e. The molecule has 4 rings (SSSR count). The van der Waals surface area contributed by atoms with Crippen LogP contribution in [0.3, 0.4) is 0 Å². The van der Waals surface area contributed by atoms with E-state index in [1.54, 1.807) is 18.2 Å². The Morgan fingerprint density at radius 3 is 2.22 bits per heavy atom. The molecule has 0 unspecified atom stereocenters. The first-order chi connectivity index (χ1) is 19.7. The van der Waals surface area contributed by atoms with Crippen molar-refractivity contribution in [2.45, 2.75) is 44.2 Å². The highest BCUT2D eigenvalue weighted by Crippen LogP contribution is 2.22.